The van der Waals surface area contributed by atoms with Gasteiger partial charge in [0.15, 0.2) is 0 Å². The fourth-order valence-corrected chi connectivity index (χ4v) is 0.471. The standard InChI is InChI=1S/C5H4ClN.CH4O3S/c6-5-2-1-3-7-4-5;1-5(2,3)4/h1-4H;1H3,(H,2,3,4). The molecule has 0 radical (unpaired) electrons. The van der Waals surface area contributed by atoms with Crippen molar-refractivity contribution in [2.24, 2.45) is 0 Å². The van der Waals surface area contributed by atoms with Crippen LogP contribution in [0.3, 0.4) is 0 Å². The van der Waals surface area contributed by atoms with Crippen LogP contribution in [0.2, 0.25) is 5.02 Å². The van der Waals surface area contributed by atoms with Crippen molar-refractivity contribution < 1.29 is 13.0 Å². The molecule has 1 aromatic heterocycles. The number of pyridine rings is 1. The summed E-state index contributed by atoms with van der Waals surface area (Å²) in [7, 11) is -3.67. The highest BCUT2D eigenvalue weighted by molar-refractivity contribution is 7.85. The molecule has 0 aliphatic rings. The van der Waals surface area contributed by atoms with Gasteiger partial charge in [-0.2, -0.15) is 8.42 Å². The van der Waals surface area contributed by atoms with E-state index in [0.717, 1.165) is 0 Å². The molecule has 68 valence electrons. The lowest BCUT2D eigenvalue weighted by Gasteiger charge is -1.79. The minimum atomic E-state index is -3.67. The minimum absolute atomic E-state index is 0.683. The van der Waals surface area contributed by atoms with Crippen molar-refractivity contribution in [1.29, 1.82) is 0 Å². The quantitative estimate of drug-likeness (QED) is 0.653. The second kappa shape index (κ2) is 5.08. The first-order chi connectivity index (χ1) is 5.39. The van der Waals surface area contributed by atoms with Crippen LogP contribution in [0, 0.1) is 0 Å². The van der Waals surface area contributed by atoms with Gasteiger partial charge in [-0.15, -0.1) is 0 Å². The fraction of sp³-hybridized carbons (Fsp3) is 0.167. The SMILES string of the molecule is CS(=O)(=O)O.Clc1cccnc1. The first-order valence-electron chi connectivity index (χ1n) is 2.87. The van der Waals surface area contributed by atoms with Crippen LogP contribution in [0.1, 0.15) is 0 Å². The molecule has 0 aliphatic heterocycles. The van der Waals surface area contributed by atoms with E-state index in [9.17, 15) is 8.42 Å². The lowest BCUT2D eigenvalue weighted by atomic mass is 10.5. The van der Waals surface area contributed by atoms with Crippen LogP contribution in [-0.4, -0.2) is 24.2 Å². The summed E-state index contributed by atoms with van der Waals surface area (Å²) in [5, 5.41) is 0.683. The lowest BCUT2D eigenvalue weighted by molar-refractivity contribution is 0.490. The number of hydrogen-bond donors (Lipinski definition) is 1. The summed E-state index contributed by atoms with van der Waals surface area (Å²) < 4.78 is 25.9. The average molecular weight is 210 g/mol. The second-order valence-electron chi connectivity index (χ2n) is 1.90. The smallest absolute Gasteiger partial charge is 0.261 e. The number of rotatable bonds is 0. The highest BCUT2D eigenvalue weighted by Crippen LogP contribution is 2.00. The van der Waals surface area contributed by atoms with Crippen LogP contribution >= 0.6 is 11.6 Å². The second-order valence-corrected chi connectivity index (χ2v) is 3.81. The van der Waals surface area contributed by atoms with E-state index < -0.39 is 10.1 Å². The largest absolute Gasteiger partial charge is 0.286 e. The van der Waals surface area contributed by atoms with Gasteiger partial charge in [-0.3, -0.25) is 9.54 Å². The van der Waals surface area contributed by atoms with Gasteiger partial charge in [0.05, 0.1) is 11.3 Å². The van der Waals surface area contributed by atoms with Gasteiger partial charge in [0.2, 0.25) is 0 Å². The van der Waals surface area contributed by atoms with Crippen LogP contribution in [0.4, 0.5) is 0 Å². The van der Waals surface area contributed by atoms with Gasteiger partial charge in [-0.25, -0.2) is 0 Å². The maximum atomic E-state index is 9.19. The molecular weight excluding hydrogens is 202 g/mol. The molecule has 0 amide bonds. The van der Waals surface area contributed by atoms with Gasteiger partial charge in [0.1, 0.15) is 0 Å². The summed E-state index contributed by atoms with van der Waals surface area (Å²) in [4.78, 5) is 3.75. The van der Waals surface area contributed by atoms with E-state index >= 15 is 0 Å². The summed E-state index contributed by atoms with van der Waals surface area (Å²) >= 11 is 5.48. The van der Waals surface area contributed by atoms with Gasteiger partial charge < -0.3 is 0 Å². The molecule has 1 rings (SSSR count). The van der Waals surface area contributed by atoms with Crippen molar-refractivity contribution in [1.82, 2.24) is 4.98 Å². The highest BCUT2D eigenvalue weighted by atomic mass is 35.5. The van der Waals surface area contributed by atoms with E-state index in [2.05, 4.69) is 4.98 Å². The molecule has 0 aliphatic carbocycles. The maximum absolute atomic E-state index is 9.19. The first kappa shape index (κ1) is 11.4. The molecule has 0 spiro atoms. The summed E-state index contributed by atoms with van der Waals surface area (Å²) in [6.07, 6.45) is 4.00. The molecule has 0 atom stereocenters. The topological polar surface area (TPSA) is 67.3 Å². The van der Waals surface area contributed by atoms with Crippen LogP contribution < -0.4 is 0 Å². The van der Waals surface area contributed by atoms with E-state index in [1.807, 2.05) is 0 Å². The Bertz CT molecular complexity index is 303. The number of nitrogens with zero attached hydrogens (tertiary/aromatic N) is 1. The van der Waals surface area contributed by atoms with E-state index in [1.165, 1.54) is 0 Å². The molecule has 0 unspecified atom stereocenters. The predicted octanol–water partition coefficient (Wildman–Crippen LogP) is 1.24. The Balaban J connectivity index is 0.000000217. The molecule has 0 saturated heterocycles. The third-order valence-corrected chi connectivity index (χ3v) is 0.849. The van der Waals surface area contributed by atoms with Crippen molar-refractivity contribution in [2.45, 2.75) is 0 Å². The summed E-state index contributed by atoms with van der Waals surface area (Å²) in [5.74, 6) is 0. The summed E-state index contributed by atoms with van der Waals surface area (Å²) in [6.45, 7) is 0. The number of aromatic nitrogens is 1. The Labute approximate surface area is 76.0 Å². The molecule has 0 bridgehead atoms. The number of halogens is 1. The first-order valence-corrected chi connectivity index (χ1v) is 5.10. The number of hydrogen-bond acceptors (Lipinski definition) is 3. The molecule has 12 heavy (non-hydrogen) atoms. The normalized spacial score (nSPS) is 9.92. The van der Waals surface area contributed by atoms with E-state index in [1.54, 1.807) is 24.5 Å². The van der Waals surface area contributed by atoms with Gasteiger partial charge in [-0.05, 0) is 12.1 Å². The Kier molecular flexibility index (Phi) is 4.80. The van der Waals surface area contributed by atoms with Gasteiger partial charge in [-0.1, -0.05) is 11.6 Å². The maximum Gasteiger partial charge on any atom is 0.261 e. The Morgan fingerprint density at radius 1 is 1.58 bits per heavy atom. The van der Waals surface area contributed by atoms with E-state index in [0.29, 0.717) is 11.3 Å². The summed E-state index contributed by atoms with van der Waals surface area (Å²) in [6, 6.07) is 3.58. The highest BCUT2D eigenvalue weighted by Gasteiger charge is 1.81. The van der Waals surface area contributed by atoms with Crippen LogP contribution in [0.25, 0.3) is 0 Å². The van der Waals surface area contributed by atoms with Crippen molar-refractivity contribution in [2.75, 3.05) is 6.26 Å². The van der Waals surface area contributed by atoms with Gasteiger partial charge >= 0.3 is 0 Å². The molecular formula is C6H8ClNO3S. The zero-order valence-corrected chi connectivity index (χ0v) is 7.88. The van der Waals surface area contributed by atoms with E-state index in [4.69, 9.17) is 16.2 Å². The van der Waals surface area contributed by atoms with Crippen LogP contribution in [0.5, 0.6) is 0 Å². The van der Waals surface area contributed by atoms with Crippen LogP contribution in [0.15, 0.2) is 24.5 Å². The lowest BCUT2D eigenvalue weighted by Crippen LogP contribution is -1.88. The minimum Gasteiger partial charge on any atom is -0.286 e. The van der Waals surface area contributed by atoms with Crippen molar-refractivity contribution in [3.63, 3.8) is 0 Å². The average Bonchev–Trinajstić information content (AvgIpc) is 1.85. The molecule has 4 nitrogen and oxygen atoms in total. The zero-order chi connectivity index (χ0) is 9.61. The molecule has 1 aromatic rings. The van der Waals surface area contributed by atoms with Crippen molar-refractivity contribution >= 4 is 21.7 Å². The fourth-order valence-electron chi connectivity index (χ4n) is 0.342. The van der Waals surface area contributed by atoms with E-state index in [-0.39, 0.29) is 0 Å². The van der Waals surface area contributed by atoms with Gasteiger partial charge in [0, 0.05) is 12.4 Å². The third-order valence-electron chi connectivity index (χ3n) is 0.625. The Morgan fingerprint density at radius 3 is 2.25 bits per heavy atom. The molecule has 1 heterocycles. The Morgan fingerprint density at radius 2 is 2.08 bits per heavy atom. The van der Waals surface area contributed by atoms with Gasteiger partial charge in [0.25, 0.3) is 10.1 Å². The van der Waals surface area contributed by atoms with Crippen molar-refractivity contribution in [3.8, 4) is 0 Å². The van der Waals surface area contributed by atoms with Crippen LogP contribution in [-0.2, 0) is 10.1 Å². The molecule has 0 saturated carbocycles. The predicted molar refractivity (Wildman–Crippen MR) is 46.7 cm³/mol. The molecule has 0 fully saturated rings. The monoisotopic (exact) mass is 209 g/mol. The zero-order valence-electron chi connectivity index (χ0n) is 6.31. The molecule has 0 aromatic carbocycles. The molecule has 6 heteroatoms. The third kappa shape index (κ3) is 12.1. The Hall–Kier alpha value is -0.650. The summed E-state index contributed by atoms with van der Waals surface area (Å²) in [5.41, 5.74) is 0. The molecule has 1 N–H and O–H groups in total. The van der Waals surface area contributed by atoms with Crippen molar-refractivity contribution in [3.05, 3.63) is 29.5 Å².